The van der Waals surface area contributed by atoms with Crippen molar-refractivity contribution < 1.29 is 18.3 Å². The summed E-state index contributed by atoms with van der Waals surface area (Å²) < 4.78 is 23.8. The van der Waals surface area contributed by atoms with Gasteiger partial charge in [0.05, 0.1) is 6.54 Å². The first-order chi connectivity index (χ1) is 11.6. The predicted octanol–water partition coefficient (Wildman–Crippen LogP) is 1.24. The number of aromatic nitrogens is 2. The molecule has 1 fully saturated rings. The SMILES string of the molecule is Cc1nnc(CN2CCN(C(=O)COc3cccc(F)c3)CC2)o1. The molecule has 0 aliphatic carbocycles. The van der Waals surface area contributed by atoms with Gasteiger partial charge in [-0.2, -0.15) is 0 Å². The highest BCUT2D eigenvalue weighted by atomic mass is 19.1. The number of carbonyl (C=O) groups excluding carboxylic acids is 1. The number of aryl methyl sites for hydroxylation is 1. The number of benzene rings is 1. The summed E-state index contributed by atoms with van der Waals surface area (Å²) in [4.78, 5) is 16.1. The highest BCUT2D eigenvalue weighted by Crippen LogP contribution is 2.13. The quantitative estimate of drug-likeness (QED) is 0.819. The van der Waals surface area contributed by atoms with Gasteiger partial charge in [0.2, 0.25) is 11.8 Å². The molecule has 1 saturated heterocycles. The zero-order chi connectivity index (χ0) is 16.9. The molecule has 0 bridgehead atoms. The maximum Gasteiger partial charge on any atom is 0.260 e. The lowest BCUT2D eigenvalue weighted by molar-refractivity contribution is -0.135. The van der Waals surface area contributed by atoms with Gasteiger partial charge in [-0.25, -0.2) is 4.39 Å². The summed E-state index contributed by atoms with van der Waals surface area (Å²) in [5, 5.41) is 7.78. The topological polar surface area (TPSA) is 71.7 Å². The molecule has 7 nitrogen and oxygen atoms in total. The summed E-state index contributed by atoms with van der Waals surface area (Å²) in [7, 11) is 0. The van der Waals surface area contributed by atoms with Crippen molar-refractivity contribution in [1.29, 1.82) is 0 Å². The van der Waals surface area contributed by atoms with Crippen LogP contribution in [0.3, 0.4) is 0 Å². The Labute approximate surface area is 139 Å². The predicted molar refractivity (Wildman–Crippen MR) is 82.8 cm³/mol. The van der Waals surface area contributed by atoms with Crippen molar-refractivity contribution >= 4 is 5.91 Å². The number of carbonyl (C=O) groups is 1. The van der Waals surface area contributed by atoms with Crippen LogP contribution in [0.1, 0.15) is 11.8 Å². The molecule has 0 N–H and O–H groups in total. The molecule has 3 rings (SSSR count). The van der Waals surface area contributed by atoms with Crippen molar-refractivity contribution in [3.63, 3.8) is 0 Å². The highest BCUT2D eigenvalue weighted by Gasteiger charge is 2.22. The van der Waals surface area contributed by atoms with E-state index >= 15 is 0 Å². The maximum absolute atomic E-state index is 13.1. The number of nitrogens with zero attached hydrogens (tertiary/aromatic N) is 4. The maximum atomic E-state index is 13.1. The van der Waals surface area contributed by atoms with E-state index in [2.05, 4.69) is 15.1 Å². The van der Waals surface area contributed by atoms with E-state index in [-0.39, 0.29) is 18.3 Å². The van der Waals surface area contributed by atoms with E-state index in [4.69, 9.17) is 9.15 Å². The highest BCUT2D eigenvalue weighted by molar-refractivity contribution is 5.77. The molecule has 1 aliphatic heterocycles. The first kappa shape index (κ1) is 16.4. The number of hydrogen-bond acceptors (Lipinski definition) is 6. The van der Waals surface area contributed by atoms with Gasteiger partial charge in [0.1, 0.15) is 11.6 Å². The molecule has 8 heteroatoms. The van der Waals surface area contributed by atoms with Crippen molar-refractivity contribution in [3.8, 4) is 5.75 Å². The second-order valence-corrected chi connectivity index (χ2v) is 5.62. The van der Waals surface area contributed by atoms with E-state index in [1.165, 1.54) is 12.1 Å². The van der Waals surface area contributed by atoms with Gasteiger partial charge in [0.15, 0.2) is 6.61 Å². The van der Waals surface area contributed by atoms with Crippen LogP contribution in [0.25, 0.3) is 0 Å². The number of halogens is 1. The smallest absolute Gasteiger partial charge is 0.260 e. The molecule has 1 aromatic carbocycles. The molecule has 2 heterocycles. The zero-order valence-electron chi connectivity index (χ0n) is 13.4. The standard InChI is InChI=1S/C16H19FN4O3/c1-12-18-19-15(24-12)10-20-5-7-21(8-6-20)16(22)11-23-14-4-2-3-13(17)9-14/h2-4,9H,5-8,10-11H2,1H3. The molecule has 0 saturated carbocycles. The Morgan fingerprint density at radius 1 is 1.29 bits per heavy atom. The molecule has 1 aliphatic rings. The molecule has 0 unspecified atom stereocenters. The largest absolute Gasteiger partial charge is 0.484 e. The number of amides is 1. The van der Waals surface area contributed by atoms with E-state index in [1.54, 1.807) is 24.0 Å². The monoisotopic (exact) mass is 334 g/mol. The van der Waals surface area contributed by atoms with Gasteiger partial charge in [-0.3, -0.25) is 9.69 Å². The molecule has 0 spiro atoms. The lowest BCUT2D eigenvalue weighted by Crippen LogP contribution is -2.49. The van der Waals surface area contributed by atoms with Gasteiger partial charge in [-0.15, -0.1) is 10.2 Å². The third-order valence-electron chi connectivity index (χ3n) is 3.81. The van der Waals surface area contributed by atoms with Crippen molar-refractivity contribution in [3.05, 3.63) is 41.9 Å². The fourth-order valence-electron chi connectivity index (χ4n) is 2.54. The van der Waals surface area contributed by atoms with Gasteiger partial charge in [-0.05, 0) is 12.1 Å². The third-order valence-corrected chi connectivity index (χ3v) is 3.81. The third kappa shape index (κ3) is 4.29. The van der Waals surface area contributed by atoms with Gasteiger partial charge >= 0.3 is 0 Å². The van der Waals surface area contributed by atoms with Crippen molar-refractivity contribution in [2.45, 2.75) is 13.5 Å². The minimum Gasteiger partial charge on any atom is -0.484 e. The van der Waals surface area contributed by atoms with Crippen LogP contribution in [0.4, 0.5) is 4.39 Å². The van der Waals surface area contributed by atoms with Crippen molar-refractivity contribution in [2.75, 3.05) is 32.8 Å². The Morgan fingerprint density at radius 3 is 2.75 bits per heavy atom. The van der Waals surface area contributed by atoms with Crippen LogP contribution in [0.2, 0.25) is 0 Å². The average molecular weight is 334 g/mol. The van der Waals surface area contributed by atoms with Gasteiger partial charge in [-0.1, -0.05) is 6.07 Å². The van der Waals surface area contributed by atoms with E-state index in [0.29, 0.717) is 37.2 Å². The van der Waals surface area contributed by atoms with Crippen molar-refractivity contribution in [1.82, 2.24) is 20.0 Å². The first-order valence-electron chi connectivity index (χ1n) is 7.77. The van der Waals surface area contributed by atoms with E-state index in [0.717, 1.165) is 13.1 Å². The molecule has 24 heavy (non-hydrogen) atoms. The number of rotatable bonds is 5. The molecule has 1 aromatic heterocycles. The van der Waals surface area contributed by atoms with Crippen LogP contribution in [0, 0.1) is 12.7 Å². The average Bonchev–Trinajstić information content (AvgIpc) is 2.98. The summed E-state index contributed by atoms with van der Waals surface area (Å²) in [6.45, 7) is 4.93. The summed E-state index contributed by atoms with van der Waals surface area (Å²) in [5.74, 6) is 1.00. The van der Waals surface area contributed by atoms with Crippen LogP contribution in [0.5, 0.6) is 5.75 Å². The van der Waals surface area contributed by atoms with Crippen molar-refractivity contribution in [2.24, 2.45) is 0 Å². The number of ether oxygens (including phenoxy) is 1. The van der Waals surface area contributed by atoms with Crippen LogP contribution in [0.15, 0.2) is 28.7 Å². The van der Waals surface area contributed by atoms with Crippen LogP contribution < -0.4 is 4.74 Å². The Hall–Kier alpha value is -2.48. The zero-order valence-corrected chi connectivity index (χ0v) is 13.4. The second kappa shape index (κ2) is 7.39. The van der Waals surface area contributed by atoms with Crippen LogP contribution in [-0.2, 0) is 11.3 Å². The molecule has 0 atom stereocenters. The summed E-state index contributed by atoms with van der Waals surface area (Å²) in [6, 6.07) is 5.77. The molecule has 2 aromatic rings. The Morgan fingerprint density at radius 2 is 2.08 bits per heavy atom. The Balaban J connectivity index is 1.43. The van der Waals surface area contributed by atoms with Crippen LogP contribution >= 0.6 is 0 Å². The van der Waals surface area contributed by atoms with Gasteiger partial charge < -0.3 is 14.1 Å². The molecular formula is C16H19FN4O3. The van der Waals surface area contributed by atoms with Crippen LogP contribution in [-0.4, -0.2) is 58.7 Å². The fourth-order valence-corrected chi connectivity index (χ4v) is 2.54. The Bertz CT molecular complexity index is 698. The first-order valence-corrected chi connectivity index (χ1v) is 7.77. The number of piperazine rings is 1. The summed E-state index contributed by atoms with van der Waals surface area (Å²) in [6.07, 6.45) is 0. The lowest BCUT2D eigenvalue weighted by atomic mass is 10.3. The summed E-state index contributed by atoms with van der Waals surface area (Å²) >= 11 is 0. The summed E-state index contributed by atoms with van der Waals surface area (Å²) in [5.41, 5.74) is 0. The number of hydrogen-bond donors (Lipinski definition) is 0. The van der Waals surface area contributed by atoms with E-state index in [9.17, 15) is 9.18 Å². The van der Waals surface area contributed by atoms with Gasteiger partial charge in [0, 0.05) is 39.2 Å². The van der Waals surface area contributed by atoms with Gasteiger partial charge in [0.25, 0.3) is 5.91 Å². The fraction of sp³-hybridized carbons (Fsp3) is 0.438. The molecule has 128 valence electrons. The normalized spacial score (nSPS) is 15.5. The molecule has 0 radical (unpaired) electrons. The molecule has 1 amide bonds. The lowest BCUT2D eigenvalue weighted by Gasteiger charge is -2.33. The van der Waals surface area contributed by atoms with E-state index < -0.39 is 0 Å². The Kier molecular flexibility index (Phi) is 5.05. The van der Waals surface area contributed by atoms with E-state index in [1.807, 2.05) is 0 Å². The minimum absolute atomic E-state index is 0.0910. The minimum atomic E-state index is -0.384. The second-order valence-electron chi connectivity index (χ2n) is 5.62. The molecular weight excluding hydrogens is 315 g/mol.